The molecule has 1 aliphatic heterocycles. The van der Waals surface area contributed by atoms with Gasteiger partial charge in [-0.25, -0.2) is 0 Å². The zero-order valence-electron chi connectivity index (χ0n) is 8.30. The molecule has 5 heteroatoms. The summed E-state index contributed by atoms with van der Waals surface area (Å²) < 4.78 is 0.0671. The molecule has 0 aromatic heterocycles. The summed E-state index contributed by atoms with van der Waals surface area (Å²) in [6.45, 7) is 1.62. The fourth-order valence-electron chi connectivity index (χ4n) is 1.37. The van der Waals surface area contributed by atoms with E-state index in [0.29, 0.717) is 0 Å². The van der Waals surface area contributed by atoms with Crippen molar-refractivity contribution in [2.75, 3.05) is 11.5 Å². The number of hydrogen-bond acceptors (Lipinski definition) is 5. The Hall–Kier alpha value is 0.580. The molecule has 0 aromatic rings. The number of aliphatic hydroxyl groups excluding tert-OH is 3. The molecule has 84 valence electrons. The summed E-state index contributed by atoms with van der Waals surface area (Å²) in [6, 6.07) is 0. The third kappa shape index (κ3) is 3.98. The standard InChI is InChI=1S/C9H18O3S2/c1-6(10)5-7(11)8(12)9-13-3-2-4-14-9/h6-12H,2-5H2,1H3/t6-,7-,8+/m0/s1. The molecule has 3 atom stereocenters. The first kappa shape index (κ1) is 12.6. The molecule has 1 aliphatic rings. The second kappa shape index (κ2) is 6.23. The third-order valence-electron chi connectivity index (χ3n) is 2.11. The molecule has 14 heavy (non-hydrogen) atoms. The second-order valence-corrected chi connectivity index (χ2v) is 6.40. The monoisotopic (exact) mass is 238 g/mol. The Morgan fingerprint density at radius 1 is 1.21 bits per heavy atom. The summed E-state index contributed by atoms with van der Waals surface area (Å²) in [4.78, 5) is 0. The van der Waals surface area contributed by atoms with E-state index >= 15 is 0 Å². The van der Waals surface area contributed by atoms with Gasteiger partial charge in [-0.1, -0.05) is 0 Å². The molecule has 3 N–H and O–H groups in total. The van der Waals surface area contributed by atoms with Crippen LogP contribution in [-0.4, -0.2) is 49.7 Å². The molecule has 0 radical (unpaired) electrons. The predicted octanol–water partition coefficient (Wildman–Crippen LogP) is 0.675. The molecule has 0 aliphatic carbocycles. The molecule has 0 amide bonds. The molecule has 0 bridgehead atoms. The van der Waals surface area contributed by atoms with Gasteiger partial charge in [-0.2, -0.15) is 0 Å². The summed E-state index contributed by atoms with van der Waals surface area (Å²) in [7, 11) is 0. The second-order valence-electron chi connectivity index (χ2n) is 3.61. The van der Waals surface area contributed by atoms with Crippen LogP contribution in [0, 0.1) is 0 Å². The molecular formula is C9H18O3S2. The fourth-order valence-corrected chi connectivity index (χ4v) is 4.36. The first-order valence-corrected chi connectivity index (χ1v) is 6.98. The quantitative estimate of drug-likeness (QED) is 0.672. The average molecular weight is 238 g/mol. The van der Waals surface area contributed by atoms with Gasteiger partial charge in [0.2, 0.25) is 0 Å². The van der Waals surface area contributed by atoms with Crippen molar-refractivity contribution < 1.29 is 15.3 Å². The van der Waals surface area contributed by atoms with Crippen LogP contribution < -0.4 is 0 Å². The van der Waals surface area contributed by atoms with Crippen molar-refractivity contribution in [3.05, 3.63) is 0 Å². The normalized spacial score (nSPS) is 25.7. The lowest BCUT2D eigenvalue weighted by Gasteiger charge is -2.29. The van der Waals surface area contributed by atoms with Crippen LogP contribution in [0.4, 0.5) is 0 Å². The van der Waals surface area contributed by atoms with Gasteiger partial charge in [0.1, 0.15) is 6.10 Å². The number of rotatable bonds is 4. The van der Waals surface area contributed by atoms with Gasteiger partial charge in [0.05, 0.1) is 16.8 Å². The van der Waals surface area contributed by atoms with Crippen LogP contribution in [0.5, 0.6) is 0 Å². The van der Waals surface area contributed by atoms with Crippen molar-refractivity contribution in [1.82, 2.24) is 0 Å². The first-order valence-electron chi connectivity index (χ1n) is 4.88. The molecule has 1 fully saturated rings. The van der Waals surface area contributed by atoms with E-state index in [4.69, 9.17) is 5.11 Å². The smallest absolute Gasteiger partial charge is 0.101 e. The van der Waals surface area contributed by atoms with Crippen molar-refractivity contribution in [3.8, 4) is 0 Å². The zero-order chi connectivity index (χ0) is 10.6. The topological polar surface area (TPSA) is 60.7 Å². The molecule has 0 aromatic carbocycles. The molecule has 1 saturated heterocycles. The van der Waals surface area contributed by atoms with E-state index < -0.39 is 18.3 Å². The van der Waals surface area contributed by atoms with Gasteiger partial charge in [-0.3, -0.25) is 0 Å². The molecule has 3 nitrogen and oxygen atoms in total. The van der Waals surface area contributed by atoms with Crippen LogP contribution in [0.15, 0.2) is 0 Å². The fraction of sp³-hybridized carbons (Fsp3) is 1.00. The maximum Gasteiger partial charge on any atom is 0.101 e. The van der Waals surface area contributed by atoms with Gasteiger partial charge in [-0.15, -0.1) is 23.5 Å². The Labute approximate surface area is 93.3 Å². The van der Waals surface area contributed by atoms with Crippen molar-refractivity contribution in [2.24, 2.45) is 0 Å². The minimum Gasteiger partial charge on any atom is -0.393 e. The number of aliphatic hydroxyl groups is 3. The van der Waals surface area contributed by atoms with Crippen LogP contribution in [0.2, 0.25) is 0 Å². The van der Waals surface area contributed by atoms with E-state index in [1.807, 2.05) is 0 Å². The van der Waals surface area contributed by atoms with E-state index in [1.165, 1.54) is 6.42 Å². The summed E-state index contributed by atoms with van der Waals surface area (Å²) in [5.74, 6) is 2.10. The largest absolute Gasteiger partial charge is 0.393 e. The lowest BCUT2D eigenvalue weighted by molar-refractivity contribution is -0.000367. The number of hydrogen-bond donors (Lipinski definition) is 3. The highest BCUT2D eigenvalue weighted by molar-refractivity contribution is 8.17. The molecule has 1 rings (SSSR count). The van der Waals surface area contributed by atoms with Gasteiger partial charge < -0.3 is 15.3 Å². The summed E-state index contributed by atoms with van der Waals surface area (Å²) >= 11 is 3.40. The van der Waals surface area contributed by atoms with Crippen molar-refractivity contribution in [3.63, 3.8) is 0 Å². The number of thioether (sulfide) groups is 2. The molecular weight excluding hydrogens is 220 g/mol. The van der Waals surface area contributed by atoms with Gasteiger partial charge >= 0.3 is 0 Å². The van der Waals surface area contributed by atoms with E-state index in [0.717, 1.165) is 11.5 Å². The van der Waals surface area contributed by atoms with E-state index in [1.54, 1.807) is 30.4 Å². The Balaban J connectivity index is 2.33. The van der Waals surface area contributed by atoms with Gasteiger partial charge in [0.25, 0.3) is 0 Å². The Kier molecular flexibility index (Phi) is 5.62. The zero-order valence-corrected chi connectivity index (χ0v) is 9.93. The van der Waals surface area contributed by atoms with E-state index in [9.17, 15) is 10.2 Å². The summed E-state index contributed by atoms with van der Waals surface area (Å²) in [5, 5.41) is 28.5. The maximum atomic E-state index is 9.79. The lowest BCUT2D eigenvalue weighted by atomic mass is 10.1. The summed E-state index contributed by atoms with van der Waals surface area (Å²) in [5.41, 5.74) is 0. The molecule has 0 spiro atoms. The van der Waals surface area contributed by atoms with Crippen LogP contribution in [-0.2, 0) is 0 Å². The van der Waals surface area contributed by atoms with Crippen LogP contribution >= 0.6 is 23.5 Å². The van der Waals surface area contributed by atoms with Crippen LogP contribution in [0.3, 0.4) is 0 Å². The average Bonchev–Trinajstić information content (AvgIpc) is 2.17. The van der Waals surface area contributed by atoms with Crippen molar-refractivity contribution in [1.29, 1.82) is 0 Å². The van der Waals surface area contributed by atoms with E-state index in [-0.39, 0.29) is 11.0 Å². The Morgan fingerprint density at radius 3 is 2.29 bits per heavy atom. The maximum absolute atomic E-state index is 9.79. The lowest BCUT2D eigenvalue weighted by Crippen LogP contribution is -2.37. The molecule has 1 heterocycles. The highest BCUT2D eigenvalue weighted by atomic mass is 32.2. The van der Waals surface area contributed by atoms with Gasteiger partial charge in [0.15, 0.2) is 0 Å². The van der Waals surface area contributed by atoms with E-state index in [2.05, 4.69) is 0 Å². The Bertz CT molecular complexity index is 160. The van der Waals surface area contributed by atoms with Gasteiger partial charge in [-0.05, 0) is 24.9 Å². The van der Waals surface area contributed by atoms with Crippen LogP contribution in [0.25, 0.3) is 0 Å². The predicted molar refractivity (Wildman–Crippen MR) is 61.6 cm³/mol. The third-order valence-corrected chi connectivity index (χ3v) is 5.19. The minimum atomic E-state index is -0.807. The molecule has 0 unspecified atom stereocenters. The first-order chi connectivity index (χ1) is 6.61. The Morgan fingerprint density at radius 2 is 1.79 bits per heavy atom. The highest BCUT2D eigenvalue weighted by Crippen LogP contribution is 2.34. The SMILES string of the molecule is C[C@H](O)C[C@H](O)[C@@H](O)C1SCCCS1. The van der Waals surface area contributed by atoms with Crippen LogP contribution in [0.1, 0.15) is 19.8 Å². The summed E-state index contributed by atoms with van der Waals surface area (Å²) in [6.07, 6.45) is -0.666. The minimum absolute atomic E-state index is 0.0671. The molecule has 0 saturated carbocycles. The highest BCUT2D eigenvalue weighted by Gasteiger charge is 2.29. The van der Waals surface area contributed by atoms with Gasteiger partial charge in [0, 0.05) is 6.42 Å². The van der Waals surface area contributed by atoms with Crippen molar-refractivity contribution >= 4 is 23.5 Å². The van der Waals surface area contributed by atoms with Crippen molar-refractivity contribution in [2.45, 2.75) is 42.7 Å².